The molecule has 1 aliphatic heterocycles. The van der Waals surface area contributed by atoms with Gasteiger partial charge in [-0.3, -0.25) is 14.5 Å². The lowest BCUT2D eigenvalue weighted by Gasteiger charge is -2.25. The highest BCUT2D eigenvalue weighted by molar-refractivity contribution is 7.22. The van der Waals surface area contributed by atoms with E-state index in [-0.39, 0.29) is 11.3 Å². The highest BCUT2D eigenvalue weighted by atomic mass is 32.1. The first kappa shape index (κ1) is 24.1. The monoisotopic (exact) mass is 519 g/mol. The van der Waals surface area contributed by atoms with Gasteiger partial charge in [-0.25, -0.2) is 9.97 Å². The summed E-state index contributed by atoms with van der Waals surface area (Å²) in [6.45, 7) is 11.0. The molecule has 4 aromatic rings. The number of thiazole rings is 2. The minimum Gasteiger partial charge on any atom is -0.507 e. The lowest BCUT2D eigenvalue weighted by Crippen LogP contribution is -2.31. The van der Waals surface area contributed by atoms with Crippen LogP contribution in [0.3, 0.4) is 0 Å². The van der Waals surface area contributed by atoms with E-state index in [1.807, 2.05) is 32.9 Å². The molecule has 0 radical (unpaired) electrons. The Bertz CT molecular complexity index is 1610. The van der Waals surface area contributed by atoms with Crippen LogP contribution in [0.15, 0.2) is 35.6 Å². The number of aromatic hydroxyl groups is 1. The maximum absolute atomic E-state index is 13.8. The molecular formula is C27H25N3O4S2. The first-order valence-corrected chi connectivity index (χ1v) is 13.0. The average Bonchev–Trinajstić information content (AvgIpc) is 3.45. The second-order valence-electron chi connectivity index (χ2n) is 9.24. The van der Waals surface area contributed by atoms with Gasteiger partial charge in [0, 0.05) is 0 Å². The predicted molar refractivity (Wildman–Crippen MR) is 142 cm³/mol. The van der Waals surface area contributed by atoms with Crippen LogP contribution >= 0.6 is 22.7 Å². The van der Waals surface area contributed by atoms with Gasteiger partial charge in [-0.1, -0.05) is 17.4 Å². The topological polar surface area (TPSA) is 104 Å². The van der Waals surface area contributed by atoms with E-state index in [0.717, 1.165) is 26.4 Å². The Morgan fingerprint density at radius 1 is 0.917 bits per heavy atom. The molecule has 0 spiro atoms. The Hall–Kier alpha value is -3.56. The van der Waals surface area contributed by atoms with E-state index in [4.69, 9.17) is 4.98 Å². The number of carbonyl (C=O) groups excluding carboxylic acids is 2. The molecule has 0 fully saturated rings. The smallest absolute Gasteiger partial charge is 0.296 e. The molecule has 3 heterocycles. The predicted octanol–water partition coefficient (Wildman–Crippen LogP) is 6.09. The van der Waals surface area contributed by atoms with E-state index < -0.39 is 23.5 Å². The fourth-order valence-corrected chi connectivity index (χ4v) is 6.87. The van der Waals surface area contributed by atoms with Crippen molar-refractivity contribution in [2.75, 3.05) is 4.90 Å². The number of rotatable bonds is 4. The minimum atomic E-state index is -0.910. The fraction of sp³-hybridized carbons (Fsp3) is 0.259. The molecule has 1 aliphatic rings. The Kier molecular flexibility index (Phi) is 5.72. The van der Waals surface area contributed by atoms with Crippen LogP contribution in [0.4, 0.5) is 5.13 Å². The summed E-state index contributed by atoms with van der Waals surface area (Å²) in [5.74, 6) is -1.56. The van der Waals surface area contributed by atoms with Crippen LogP contribution in [0.5, 0.6) is 5.75 Å². The maximum Gasteiger partial charge on any atom is 0.296 e. The molecule has 9 heteroatoms. The van der Waals surface area contributed by atoms with E-state index in [0.29, 0.717) is 32.4 Å². The summed E-state index contributed by atoms with van der Waals surface area (Å²) in [7, 11) is 0. The molecule has 0 bridgehead atoms. The Balaban J connectivity index is 1.74. The van der Waals surface area contributed by atoms with Crippen LogP contribution in [0.2, 0.25) is 0 Å². The van der Waals surface area contributed by atoms with Crippen LogP contribution in [0.1, 0.15) is 54.2 Å². The molecule has 0 saturated heterocycles. The number of aliphatic hydroxyl groups excluding tert-OH is 1. The number of Topliss-reactive ketones (excluding diaryl/α,β-unsaturated/α-hetero) is 1. The van der Waals surface area contributed by atoms with Crippen molar-refractivity contribution >= 4 is 49.7 Å². The SMILES string of the molecule is Cc1cc(C)c2nc(N3C(=O)C(O)=C(C(=O)c4sc(C)nc4C)C3c3cc(C)c(O)c(C)c3)sc2c1. The van der Waals surface area contributed by atoms with E-state index in [2.05, 4.69) is 4.98 Å². The van der Waals surface area contributed by atoms with Crippen molar-refractivity contribution in [3.05, 3.63) is 79.0 Å². The van der Waals surface area contributed by atoms with Gasteiger partial charge in [0.05, 0.1) is 37.4 Å². The van der Waals surface area contributed by atoms with E-state index >= 15 is 0 Å². The van der Waals surface area contributed by atoms with Crippen molar-refractivity contribution in [1.29, 1.82) is 0 Å². The number of phenolic OH excluding ortho intramolecular Hbond substituents is 1. The van der Waals surface area contributed by atoms with Gasteiger partial charge in [-0.05, 0) is 87.6 Å². The highest BCUT2D eigenvalue weighted by Crippen LogP contribution is 2.46. The lowest BCUT2D eigenvalue weighted by molar-refractivity contribution is -0.117. The summed E-state index contributed by atoms with van der Waals surface area (Å²) >= 11 is 2.58. The molecule has 2 N–H and O–H groups in total. The van der Waals surface area contributed by atoms with Crippen molar-refractivity contribution in [1.82, 2.24) is 9.97 Å². The number of amides is 1. The van der Waals surface area contributed by atoms with Crippen LogP contribution in [0.25, 0.3) is 10.2 Å². The zero-order valence-electron chi connectivity index (χ0n) is 20.8. The van der Waals surface area contributed by atoms with Crippen molar-refractivity contribution in [3.63, 3.8) is 0 Å². The quantitative estimate of drug-likeness (QED) is 0.316. The normalized spacial score (nSPS) is 16.0. The molecular weight excluding hydrogens is 494 g/mol. The van der Waals surface area contributed by atoms with Gasteiger partial charge in [0.25, 0.3) is 5.91 Å². The number of aryl methyl sites for hydroxylation is 6. The van der Waals surface area contributed by atoms with Gasteiger partial charge in [-0.2, -0.15) is 0 Å². The molecule has 1 amide bonds. The summed E-state index contributed by atoms with van der Waals surface area (Å²) < 4.78 is 0.917. The first-order chi connectivity index (χ1) is 17.0. The largest absolute Gasteiger partial charge is 0.507 e. The van der Waals surface area contributed by atoms with Crippen molar-refractivity contribution in [3.8, 4) is 5.75 Å². The van der Waals surface area contributed by atoms with Crippen molar-refractivity contribution in [2.24, 2.45) is 0 Å². The number of aliphatic hydroxyl groups is 1. The molecule has 0 saturated carbocycles. The molecule has 1 atom stereocenters. The van der Waals surface area contributed by atoms with E-state index in [1.165, 1.54) is 27.6 Å². The molecule has 2 aromatic carbocycles. The first-order valence-electron chi connectivity index (χ1n) is 11.4. The van der Waals surface area contributed by atoms with Crippen LogP contribution in [0, 0.1) is 41.5 Å². The summed E-state index contributed by atoms with van der Waals surface area (Å²) in [6, 6.07) is 6.61. The van der Waals surface area contributed by atoms with Gasteiger partial charge < -0.3 is 10.2 Å². The van der Waals surface area contributed by atoms with Crippen LogP contribution < -0.4 is 4.90 Å². The highest BCUT2D eigenvalue weighted by Gasteiger charge is 2.46. The molecule has 1 unspecified atom stereocenters. The number of anilines is 1. The third-order valence-electron chi connectivity index (χ3n) is 6.42. The molecule has 184 valence electrons. The second kappa shape index (κ2) is 8.53. The lowest BCUT2D eigenvalue weighted by atomic mass is 9.92. The van der Waals surface area contributed by atoms with Gasteiger partial charge in [0.15, 0.2) is 10.9 Å². The van der Waals surface area contributed by atoms with Crippen molar-refractivity contribution < 1.29 is 19.8 Å². The fourth-order valence-electron chi connectivity index (χ4n) is 4.82. The minimum absolute atomic E-state index is 0.0107. The standard InChI is InChI=1S/C27H25N3O4S2/c1-11-7-12(2)20-18(8-11)36-27(29-20)30-21(17-9-13(3)22(31)14(4)10-17)19(24(33)26(30)34)23(32)25-15(5)28-16(6)35-25/h7-10,21,31,33H,1-6H3. The zero-order valence-corrected chi connectivity index (χ0v) is 22.4. The summed E-state index contributed by atoms with van der Waals surface area (Å²) in [5, 5.41) is 22.6. The molecule has 2 aromatic heterocycles. The molecule has 5 rings (SSSR count). The van der Waals surface area contributed by atoms with Gasteiger partial charge in [0.2, 0.25) is 5.78 Å². The molecule has 36 heavy (non-hydrogen) atoms. The van der Waals surface area contributed by atoms with Gasteiger partial charge in [0.1, 0.15) is 5.75 Å². The van der Waals surface area contributed by atoms with Crippen LogP contribution in [-0.4, -0.2) is 31.9 Å². The number of hydrogen-bond acceptors (Lipinski definition) is 8. The van der Waals surface area contributed by atoms with Gasteiger partial charge >= 0.3 is 0 Å². The average molecular weight is 520 g/mol. The number of phenols is 1. The van der Waals surface area contributed by atoms with E-state index in [9.17, 15) is 19.8 Å². The summed E-state index contributed by atoms with van der Waals surface area (Å²) in [5.41, 5.74) is 5.20. The number of benzene rings is 2. The summed E-state index contributed by atoms with van der Waals surface area (Å²) in [6.07, 6.45) is 0. The number of hydrogen-bond donors (Lipinski definition) is 2. The number of nitrogens with zero attached hydrogens (tertiary/aromatic N) is 3. The maximum atomic E-state index is 13.8. The molecule has 0 aliphatic carbocycles. The van der Waals surface area contributed by atoms with Crippen molar-refractivity contribution in [2.45, 2.75) is 47.6 Å². The number of carbonyl (C=O) groups is 2. The zero-order chi connectivity index (χ0) is 26.0. The number of ketones is 1. The summed E-state index contributed by atoms with van der Waals surface area (Å²) in [4.78, 5) is 38.3. The van der Waals surface area contributed by atoms with Gasteiger partial charge in [-0.15, -0.1) is 11.3 Å². The Morgan fingerprint density at radius 2 is 1.58 bits per heavy atom. The third kappa shape index (κ3) is 3.70. The third-order valence-corrected chi connectivity index (χ3v) is 8.49. The molecule has 7 nitrogen and oxygen atoms in total. The number of fused-ring (bicyclic) bond motifs is 1. The second-order valence-corrected chi connectivity index (χ2v) is 11.5. The Labute approximate surface area is 216 Å². The number of aromatic nitrogens is 2. The van der Waals surface area contributed by atoms with E-state index in [1.54, 1.807) is 32.9 Å². The Morgan fingerprint density at radius 3 is 2.19 bits per heavy atom. The van der Waals surface area contributed by atoms with Crippen LogP contribution in [-0.2, 0) is 4.79 Å².